The Balaban J connectivity index is 2.00. The fourth-order valence-corrected chi connectivity index (χ4v) is 3.22. The van der Waals surface area contributed by atoms with Gasteiger partial charge in [0.2, 0.25) is 5.09 Å². The number of hydrogen-bond acceptors (Lipinski definition) is 4. The van der Waals surface area contributed by atoms with Crippen LogP contribution in [0.15, 0.2) is 21.6 Å². The van der Waals surface area contributed by atoms with Gasteiger partial charge in [0.15, 0.2) is 0 Å². The molecule has 0 spiro atoms. The predicted octanol–water partition coefficient (Wildman–Crippen LogP) is 1.21. The topological polar surface area (TPSA) is 85.3 Å². The van der Waals surface area contributed by atoms with Crippen LogP contribution in [0.25, 0.3) is 0 Å². The van der Waals surface area contributed by atoms with E-state index in [1.807, 2.05) is 0 Å². The molecule has 1 saturated carbocycles. The van der Waals surface area contributed by atoms with Crippen molar-refractivity contribution in [1.82, 2.24) is 4.72 Å². The summed E-state index contributed by atoms with van der Waals surface area (Å²) in [6.07, 6.45) is 3.08. The second kappa shape index (κ2) is 4.80. The Hall–Kier alpha value is -0.850. The smallest absolute Gasteiger partial charge is 0.274 e. The Morgan fingerprint density at radius 2 is 2.29 bits per heavy atom. The van der Waals surface area contributed by atoms with E-state index in [0.29, 0.717) is 11.7 Å². The summed E-state index contributed by atoms with van der Waals surface area (Å²) in [6.45, 7) is 2.31. The van der Waals surface area contributed by atoms with Crippen LogP contribution >= 0.6 is 0 Å². The summed E-state index contributed by atoms with van der Waals surface area (Å²) >= 11 is 0. The van der Waals surface area contributed by atoms with Gasteiger partial charge in [0.1, 0.15) is 5.76 Å². The van der Waals surface area contributed by atoms with Gasteiger partial charge in [-0.2, -0.15) is 0 Å². The molecule has 1 aliphatic rings. The molecule has 96 valence electrons. The van der Waals surface area contributed by atoms with Gasteiger partial charge in [0.05, 0.1) is 6.54 Å². The highest BCUT2D eigenvalue weighted by atomic mass is 32.2. The average molecular weight is 258 g/mol. The normalized spacial score (nSPS) is 23.9. The van der Waals surface area contributed by atoms with Crippen LogP contribution in [0.4, 0.5) is 0 Å². The lowest BCUT2D eigenvalue weighted by Crippen LogP contribution is -2.26. The van der Waals surface area contributed by atoms with Gasteiger partial charge in [-0.15, -0.1) is 0 Å². The fraction of sp³-hybridized carbons (Fsp3) is 0.636. The minimum atomic E-state index is -3.51. The summed E-state index contributed by atoms with van der Waals surface area (Å²) in [5.41, 5.74) is 5.37. The number of nitrogens with one attached hydrogen (secondary N) is 1. The van der Waals surface area contributed by atoms with Crippen molar-refractivity contribution in [2.24, 2.45) is 11.7 Å². The first-order chi connectivity index (χ1) is 8.06. The van der Waals surface area contributed by atoms with Crippen LogP contribution < -0.4 is 10.5 Å². The Morgan fingerprint density at radius 1 is 1.53 bits per heavy atom. The van der Waals surface area contributed by atoms with Crippen LogP contribution in [0.2, 0.25) is 0 Å². The molecule has 3 N–H and O–H groups in total. The molecule has 0 saturated heterocycles. The summed E-state index contributed by atoms with van der Waals surface area (Å²) in [6, 6.07) is 3.11. The summed E-state index contributed by atoms with van der Waals surface area (Å²) in [4.78, 5) is 0. The second-order valence-corrected chi connectivity index (χ2v) is 6.08. The van der Waals surface area contributed by atoms with E-state index in [4.69, 9.17) is 10.2 Å². The van der Waals surface area contributed by atoms with Crippen molar-refractivity contribution < 1.29 is 12.8 Å². The molecule has 2 rings (SSSR count). The number of sulfonamides is 1. The molecule has 17 heavy (non-hydrogen) atoms. The van der Waals surface area contributed by atoms with Crippen LogP contribution in [0.1, 0.15) is 31.9 Å². The highest BCUT2D eigenvalue weighted by molar-refractivity contribution is 7.89. The van der Waals surface area contributed by atoms with Crippen LogP contribution in [0.5, 0.6) is 0 Å². The number of rotatable bonds is 6. The van der Waals surface area contributed by atoms with Gasteiger partial charge < -0.3 is 10.2 Å². The molecule has 0 bridgehead atoms. The number of hydrogen-bond donors (Lipinski definition) is 2. The zero-order chi connectivity index (χ0) is 12.5. The zero-order valence-electron chi connectivity index (χ0n) is 9.85. The maximum absolute atomic E-state index is 11.9. The maximum atomic E-state index is 11.9. The molecule has 1 aromatic heterocycles. The molecule has 5 nitrogen and oxygen atoms in total. The minimum absolute atomic E-state index is 0.0416. The van der Waals surface area contributed by atoms with Gasteiger partial charge in [-0.1, -0.05) is 13.3 Å². The summed E-state index contributed by atoms with van der Waals surface area (Å²) in [5, 5.41) is -0.0416. The number of furan rings is 1. The molecular formula is C11H18N2O3S. The number of nitrogens with two attached hydrogens (primary N) is 1. The molecule has 1 aromatic rings. The molecule has 2 atom stereocenters. The van der Waals surface area contributed by atoms with E-state index < -0.39 is 10.0 Å². The highest BCUT2D eigenvalue weighted by Crippen LogP contribution is 2.35. The molecule has 1 aliphatic carbocycles. The Kier molecular flexibility index (Phi) is 3.56. The van der Waals surface area contributed by atoms with Crippen LogP contribution in [-0.2, 0) is 16.6 Å². The van der Waals surface area contributed by atoms with E-state index in [1.165, 1.54) is 6.07 Å². The molecule has 0 aliphatic heterocycles. The SMILES string of the molecule is CCCC1CC1NS(=O)(=O)c1ccc(CN)o1. The maximum Gasteiger partial charge on any atom is 0.274 e. The monoisotopic (exact) mass is 258 g/mol. The van der Waals surface area contributed by atoms with Gasteiger partial charge in [-0.25, -0.2) is 13.1 Å². The first-order valence-corrected chi connectivity index (χ1v) is 7.36. The average Bonchev–Trinajstić information content (AvgIpc) is 2.84. The van der Waals surface area contributed by atoms with Crippen LogP contribution in [0.3, 0.4) is 0 Å². The molecule has 1 fully saturated rings. The van der Waals surface area contributed by atoms with Gasteiger partial charge >= 0.3 is 0 Å². The van der Waals surface area contributed by atoms with Crippen molar-refractivity contribution >= 4 is 10.0 Å². The van der Waals surface area contributed by atoms with Crippen molar-refractivity contribution in [2.45, 2.75) is 43.9 Å². The van der Waals surface area contributed by atoms with Crippen molar-refractivity contribution in [3.63, 3.8) is 0 Å². The van der Waals surface area contributed by atoms with E-state index in [0.717, 1.165) is 19.3 Å². The Morgan fingerprint density at radius 3 is 2.88 bits per heavy atom. The van der Waals surface area contributed by atoms with Crippen molar-refractivity contribution in [2.75, 3.05) is 0 Å². The van der Waals surface area contributed by atoms with Crippen molar-refractivity contribution in [3.05, 3.63) is 17.9 Å². The lowest BCUT2D eigenvalue weighted by atomic mass is 10.2. The Labute approximate surface area is 101 Å². The molecule has 0 aromatic carbocycles. The fourth-order valence-electron chi connectivity index (χ4n) is 1.95. The quantitative estimate of drug-likeness (QED) is 0.803. The van der Waals surface area contributed by atoms with E-state index in [1.54, 1.807) is 6.07 Å². The lowest BCUT2D eigenvalue weighted by molar-refractivity contribution is 0.412. The first-order valence-electron chi connectivity index (χ1n) is 5.88. The molecule has 1 heterocycles. The van der Waals surface area contributed by atoms with Crippen molar-refractivity contribution in [3.8, 4) is 0 Å². The van der Waals surface area contributed by atoms with Crippen molar-refractivity contribution in [1.29, 1.82) is 0 Å². The van der Waals surface area contributed by atoms with Crippen LogP contribution in [-0.4, -0.2) is 14.5 Å². The van der Waals surface area contributed by atoms with E-state index in [2.05, 4.69) is 11.6 Å². The highest BCUT2D eigenvalue weighted by Gasteiger charge is 2.39. The van der Waals surface area contributed by atoms with Gasteiger partial charge in [-0.3, -0.25) is 0 Å². The molecule has 0 amide bonds. The standard InChI is InChI=1S/C11H18N2O3S/c1-2-3-8-6-10(8)13-17(14,15)11-5-4-9(7-12)16-11/h4-5,8,10,13H,2-3,6-7,12H2,1H3. The third-order valence-electron chi connectivity index (χ3n) is 2.99. The van der Waals surface area contributed by atoms with Gasteiger partial charge in [0, 0.05) is 6.04 Å². The molecule has 2 unspecified atom stereocenters. The van der Waals surface area contributed by atoms with E-state index in [9.17, 15) is 8.42 Å². The molecular weight excluding hydrogens is 240 g/mol. The first kappa shape index (κ1) is 12.6. The summed E-state index contributed by atoms with van der Waals surface area (Å²) in [5.74, 6) is 0.963. The third-order valence-corrected chi connectivity index (χ3v) is 4.35. The van der Waals surface area contributed by atoms with Crippen LogP contribution in [0, 0.1) is 5.92 Å². The predicted molar refractivity (Wildman–Crippen MR) is 63.7 cm³/mol. The van der Waals surface area contributed by atoms with Gasteiger partial charge in [0.25, 0.3) is 10.0 Å². The lowest BCUT2D eigenvalue weighted by Gasteiger charge is -2.03. The second-order valence-electron chi connectivity index (χ2n) is 4.44. The zero-order valence-corrected chi connectivity index (χ0v) is 10.7. The third kappa shape index (κ3) is 2.88. The molecule has 0 radical (unpaired) electrons. The minimum Gasteiger partial charge on any atom is -0.447 e. The van der Waals surface area contributed by atoms with E-state index in [-0.39, 0.29) is 17.7 Å². The summed E-state index contributed by atoms with van der Waals surface area (Å²) < 4.78 is 31.6. The van der Waals surface area contributed by atoms with E-state index >= 15 is 0 Å². The summed E-state index contributed by atoms with van der Waals surface area (Å²) in [7, 11) is -3.51. The molecule has 6 heteroatoms. The largest absolute Gasteiger partial charge is 0.447 e. The van der Waals surface area contributed by atoms with Gasteiger partial charge in [-0.05, 0) is 30.9 Å². The Bertz CT molecular complexity index is 481.